The van der Waals surface area contributed by atoms with Crippen LogP contribution in [0.3, 0.4) is 0 Å². The van der Waals surface area contributed by atoms with Crippen LogP contribution in [0.1, 0.15) is 23.4 Å². The van der Waals surface area contributed by atoms with Crippen LogP contribution < -0.4 is 0 Å². The lowest BCUT2D eigenvalue weighted by Crippen LogP contribution is -2.03. The Morgan fingerprint density at radius 1 is 1.46 bits per heavy atom. The van der Waals surface area contributed by atoms with Crippen molar-refractivity contribution in [2.75, 3.05) is 0 Å². The molecule has 0 aromatic heterocycles. The minimum atomic E-state index is -0.558. The average molecular weight is 217 g/mol. The van der Waals surface area contributed by atoms with Gasteiger partial charge in [-0.2, -0.15) is 0 Å². The Morgan fingerprint density at radius 3 is 2.54 bits per heavy atom. The molecule has 0 aliphatic carbocycles. The molecule has 1 aromatic carbocycles. The molecule has 0 bridgehead atoms. The summed E-state index contributed by atoms with van der Waals surface area (Å²) < 4.78 is 0. The van der Waals surface area contributed by atoms with Crippen molar-refractivity contribution in [3.05, 3.63) is 34.3 Å². The minimum absolute atomic E-state index is 0.0490. The van der Waals surface area contributed by atoms with Gasteiger partial charge in [-0.25, -0.2) is 0 Å². The molecule has 1 aromatic rings. The van der Waals surface area contributed by atoms with Crippen molar-refractivity contribution in [3.8, 4) is 0 Å². The smallest absolute Gasteiger partial charge is 0.152 e. The Balaban J connectivity index is 3.08. The fraction of sp³-hybridized carbons (Fsp3) is 0.300. The molecule has 0 radical (unpaired) electrons. The number of hydrogen-bond donors (Lipinski definition) is 0. The zero-order valence-electron chi connectivity index (χ0n) is 7.47. The number of carbonyl (C=O) groups excluding carboxylic acids is 1. The first kappa shape index (κ1) is 10.6. The molecule has 3 heteroatoms. The first-order valence-electron chi connectivity index (χ1n) is 3.93. The van der Waals surface area contributed by atoms with Crippen molar-refractivity contribution in [1.82, 2.24) is 0 Å². The monoisotopic (exact) mass is 216 g/mol. The first-order chi connectivity index (χ1) is 6.02. The van der Waals surface area contributed by atoms with Gasteiger partial charge in [-0.1, -0.05) is 17.7 Å². The molecule has 1 nitrogen and oxygen atoms in total. The number of rotatable bonds is 2. The van der Waals surface area contributed by atoms with Crippen LogP contribution in [0.5, 0.6) is 0 Å². The summed E-state index contributed by atoms with van der Waals surface area (Å²) in [6, 6.07) is 5.33. The fourth-order valence-electron chi connectivity index (χ4n) is 1.14. The first-order valence-corrected chi connectivity index (χ1v) is 4.74. The van der Waals surface area contributed by atoms with Gasteiger partial charge in [-0.05, 0) is 37.1 Å². The van der Waals surface area contributed by atoms with Crippen molar-refractivity contribution in [3.63, 3.8) is 0 Å². The van der Waals surface area contributed by atoms with Gasteiger partial charge >= 0.3 is 0 Å². The van der Waals surface area contributed by atoms with Crippen LogP contribution in [0.2, 0.25) is 5.02 Å². The molecule has 1 rings (SSSR count). The zero-order valence-corrected chi connectivity index (χ0v) is 8.99. The average Bonchev–Trinajstić information content (AvgIpc) is 2.03. The number of ketones is 1. The lowest BCUT2D eigenvalue weighted by atomic mass is 10.0. The summed E-state index contributed by atoms with van der Waals surface area (Å²) >= 11 is 11.7. The predicted molar refractivity (Wildman–Crippen MR) is 55.5 cm³/mol. The molecule has 70 valence electrons. The molecule has 1 unspecified atom stereocenters. The van der Waals surface area contributed by atoms with Crippen LogP contribution in [0.15, 0.2) is 18.2 Å². The van der Waals surface area contributed by atoms with Crippen LogP contribution >= 0.6 is 23.2 Å². The summed E-state index contributed by atoms with van der Waals surface area (Å²) in [6.45, 7) is 3.37. The second-order valence-electron chi connectivity index (χ2n) is 2.97. The molecule has 0 heterocycles. The third-order valence-electron chi connectivity index (χ3n) is 1.86. The van der Waals surface area contributed by atoms with Crippen molar-refractivity contribution >= 4 is 29.0 Å². The van der Waals surface area contributed by atoms with Gasteiger partial charge in [-0.3, -0.25) is 4.79 Å². The maximum atomic E-state index is 11.0. The molecule has 0 N–H and O–H groups in total. The molecule has 0 spiro atoms. The number of carbonyl (C=O) groups is 1. The van der Waals surface area contributed by atoms with Crippen molar-refractivity contribution in [2.24, 2.45) is 0 Å². The summed E-state index contributed by atoms with van der Waals surface area (Å²) in [5.74, 6) is -0.0490. The maximum Gasteiger partial charge on any atom is 0.152 e. The van der Waals surface area contributed by atoms with Gasteiger partial charge in [0.25, 0.3) is 0 Å². The molecular formula is C10H10Cl2O. The maximum absolute atomic E-state index is 11.0. The van der Waals surface area contributed by atoms with Gasteiger partial charge in [0.2, 0.25) is 0 Å². The molecule has 0 saturated carbocycles. The normalized spacial score (nSPS) is 12.6. The highest BCUT2D eigenvalue weighted by molar-refractivity contribution is 6.32. The third kappa shape index (κ3) is 2.45. The molecule has 13 heavy (non-hydrogen) atoms. The van der Waals surface area contributed by atoms with Crippen LogP contribution in [-0.4, -0.2) is 5.78 Å². The third-order valence-corrected chi connectivity index (χ3v) is 2.64. The molecular weight excluding hydrogens is 207 g/mol. The Kier molecular flexibility index (Phi) is 3.34. The van der Waals surface area contributed by atoms with E-state index in [1.165, 1.54) is 6.92 Å². The quantitative estimate of drug-likeness (QED) is 0.692. The number of hydrogen-bond acceptors (Lipinski definition) is 1. The van der Waals surface area contributed by atoms with Gasteiger partial charge in [-0.15, -0.1) is 11.6 Å². The van der Waals surface area contributed by atoms with Gasteiger partial charge in [0.15, 0.2) is 5.78 Å². The van der Waals surface area contributed by atoms with Crippen LogP contribution in [-0.2, 0) is 4.79 Å². The van der Waals surface area contributed by atoms with Crippen molar-refractivity contribution in [1.29, 1.82) is 0 Å². The summed E-state index contributed by atoms with van der Waals surface area (Å²) in [5, 5.41) is 0.103. The van der Waals surface area contributed by atoms with E-state index in [9.17, 15) is 4.79 Å². The van der Waals surface area contributed by atoms with E-state index in [1.54, 1.807) is 18.2 Å². The second-order valence-corrected chi connectivity index (χ2v) is 3.85. The lowest BCUT2D eigenvalue weighted by Gasteiger charge is -2.09. The van der Waals surface area contributed by atoms with E-state index in [2.05, 4.69) is 0 Å². The Hall–Kier alpha value is -0.530. The van der Waals surface area contributed by atoms with Crippen molar-refractivity contribution < 1.29 is 4.79 Å². The number of Topliss-reactive ketones (excluding diaryl/α,β-unsaturated/α-hetero) is 1. The molecule has 0 fully saturated rings. The van der Waals surface area contributed by atoms with Crippen LogP contribution in [0.25, 0.3) is 0 Å². The van der Waals surface area contributed by atoms with E-state index in [-0.39, 0.29) is 5.78 Å². The molecule has 0 aliphatic rings. The number of benzene rings is 1. The summed E-state index contributed by atoms with van der Waals surface area (Å²) in [6.07, 6.45) is 0. The number of halogens is 2. The molecule has 1 atom stereocenters. The van der Waals surface area contributed by atoms with Crippen LogP contribution in [0, 0.1) is 6.92 Å². The predicted octanol–water partition coefficient (Wildman–Crippen LogP) is 3.52. The molecule has 0 aliphatic heterocycles. The number of aryl methyl sites for hydroxylation is 1. The highest BCUT2D eigenvalue weighted by atomic mass is 35.5. The van der Waals surface area contributed by atoms with Gasteiger partial charge in [0, 0.05) is 5.02 Å². The highest BCUT2D eigenvalue weighted by Gasteiger charge is 2.14. The largest absolute Gasteiger partial charge is 0.298 e. The van der Waals surface area contributed by atoms with E-state index >= 15 is 0 Å². The van der Waals surface area contributed by atoms with E-state index in [0.717, 1.165) is 11.1 Å². The summed E-state index contributed by atoms with van der Waals surface area (Å²) in [4.78, 5) is 11.0. The minimum Gasteiger partial charge on any atom is -0.298 e. The van der Waals surface area contributed by atoms with Crippen LogP contribution in [0.4, 0.5) is 0 Å². The van der Waals surface area contributed by atoms with Crippen molar-refractivity contribution in [2.45, 2.75) is 19.2 Å². The Morgan fingerprint density at radius 2 is 2.08 bits per heavy atom. The Bertz CT molecular complexity index is 334. The number of alkyl halides is 1. The fourth-order valence-corrected chi connectivity index (χ4v) is 1.61. The second kappa shape index (κ2) is 4.12. The van der Waals surface area contributed by atoms with E-state index in [4.69, 9.17) is 23.2 Å². The lowest BCUT2D eigenvalue weighted by molar-refractivity contribution is -0.116. The Labute approximate surface area is 87.7 Å². The van der Waals surface area contributed by atoms with E-state index < -0.39 is 5.38 Å². The SMILES string of the molecule is CC(=O)C(Cl)c1ccc(Cl)cc1C. The topological polar surface area (TPSA) is 17.1 Å². The van der Waals surface area contributed by atoms with E-state index in [0.29, 0.717) is 5.02 Å². The molecule has 0 amide bonds. The summed E-state index contributed by atoms with van der Waals surface area (Å²) in [7, 11) is 0. The zero-order chi connectivity index (χ0) is 10.0. The van der Waals surface area contributed by atoms with E-state index in [1.807, 2.05) is 6.92 Å². The summed E-state index contributed by atoms with van der Waals surface area (Å²) in [5.41, 5.74) is 1.78. The van der Waals surface area contributed by atoms with Gasteiger partial charge in [0.05, 0.1) is 0 Å². The van der Waals surface area contributed by atoms with Gasteiger partial charge in [0.1, 0.15) is 5.38 Å². The highest BCUT2D eigenvalue weighted by Crippen LogP contribution is 2.26. The molecule has 0 saturated heterocycles. The van der Waals surface area contributed by atoms with Gasteiger partial charge < -0.3 is 0 Å². The standard InChI is InChI=1S/C10H10Cl2O/c1-6-5-8(11)3-4-9(6)10(12)7(2)13/h3-5,10H,1-2H3.